The second-order valence-corrected chi connectivity index (χ2v) is 7.52. The van der Waals surface area contributed by atoms with Crippen LogP contribution in [0.15, 0.2) is 46.3 Å². The lowest BCUT2D eigenvalue weighted by atomic mass is 10.0. The van der Waals surface area contributed by atoms with Crippen LogP contribution >= 0.6 is 27.3 Å². The van der Waals surface area contributed by atoms with Gasteiger partial charge < -0.3 is 5.32 Å². The van der Waals surface area contributed by atoms with Crippen LogP contribution in [-0.4, -0.2) is 9.97 Å². The second-order valence-electron chi connectivity index (χ2n) is 5.71. The number of anilines is 2. The molecular formula is C18H18BrN3S. The Morgan fingerprint density at radius 1 is 1.13 bits per heavy atom. The molecule has 2 heterocycles. The van der Waals surface area contributed by atoms with Gasteiger partial charge in [-0.3, -0.25) is 0 Å². The Labute approximate surface area is 149 Å². The average molecular weight is 388 g/mol. The highest BCUT2D eigenvalue weighted by Crippen LogP contribution is 2.30. The van der Waals surface area contributed by atoms with Crippen molar-refractivity contribution in [2.45, 2.75) is 26.7 Å². The van der Waals surface area contributed by atoms with Crippen molar-refractivity contribution in [2.24, 2.45) is 0 Å². The van der Waals surface area contributed by atoms with Crippen molar-refractivity contribution in [2.75, 3.05) is 5.32 Å². The molecule has 0 bridgehead atoms. The Morgan fingerprint density at radius 2 is 1.96 bits per heavy atom. The van der Waals surface area contributed by atoms with Gasteiger partial charge in [-0.25, -0.2) is 9.97 Å². The van der Waals surface area contributed by atoms with E-state index in [0.29, 0.717) is 11.9 Å². The summed E-state index contributed by atoms with van der Waals surface area (Å²) in [5.74, 6) is 1.12. The molecule has 0 aliphatic carbocycles. The molecule has 0 amide bonds. The van der Waals surface area contributed by atoms with E-state index in [-0.39, 0.29) is 0 Å². The number of hydrogen-bond donors (Lipinski definition) is 1. The van der Waals surface area contributed by atoms with Gasteiger partial charge in [0.15, 0.2) is 0 Å². The van der Waals surface area contributed by atoms with Gasteiger partial charge in [-0.2, -0.15) is 0 Å². The zero-order valence-electron chi connectivity index (χ0n) is 13.3. The van der Waals surface area contributed by atoms with E-state index in [0.717, 1.165) is 26.4 Å². The maximum absolute atomic E-state index is 4.64. The van der Waals surface area contributed by atoms with Crippen LogP contribution < -0.4 is 5.32 Å². The van der Waals surface area contributed by atoms with E-state index in [1.54, 1.807) is 11.3 Å². The maximum atomic E-state index is 4.64. The Kier molecular flexibility index (Phi) is 4.78. The van der Waals surface area contributed by atoms with Crippen molar-refractivity contribution in [1.29, 1.82) is 0 Å². The topological polar surface area (TPSA) is 37.8 Å². The molecule has 23 heavy (non-hydrogen) atoms. The van der Waals surface area contributed by atoms with E-state index in [2.05, 4.69) is 74.7 Å². The number of hydrogen-bond acceptors (Lipinski definition) is 4. The number of thiophene rings is 1. The molecular weight excluding hydrogens is 370 g/mol. The fourth-order valence-electron chi connectivity index (χ4n) is 2.29. The molecule has 1 aromatic carbocycles. The van der Waals surface area contributed by atoms with Crippen molar-refractivity contribution in [1.82, 2.24) is 9.97 Å². The Hall–Kier alpha value is -1.72. The molecule has 0 atom stereocenters. The van der Waals surface area contributed by atoms with Crippen molar-refractivity contribution in [3.8, 4) is 10.6 Å². The molecule has 0 fully saturated rings. The molecule has 118 valence electrons. The molecule has 0 saturated carbocycles. The summed E-state index contributed by atoms with van der Waals surface area (Å²) in [7, 11) is 0. The number of rotatable bonds is 4. The molecule has 0 aliphatic rings. The summed E-state index contributed by atoms with van der Waals surface area (Å²) < 4.78 is 1.02. The van der Waals surface area contributed by atoms with E-state index in [1.165, 1.54) is 5.56 Å². The van der Waals surface area contributed by atoms with Crippen LogP contribution in [0.25, 0.3) is 10.6 Å². The molecule has 0 saturated heterocycles. The number of benzene rings is 1. The quantitative estimate of drug-likeness (QED) is 0.583. The summed E-state index contributed by atoms with van der Waals surface area (Å²) in [5, 5.41) is 5.37. The number of halogens is 1. The first-order valence-corrected chi connectivity index (χ1v) is 9.16. The lowest BCUT2D eigenvalue weighted by Crippen LogP contribution is -2.01. The predicted molar refractivity (Wildman–Crippen MR) is 102 cm³/mol. The van der Waals surface area contributed by atoms with Crippen molar-refractivity contribution >= 4 is 38.9 Å². The molecule has 3 aromatic rings. The van der Waals surface area contributed by atoms with Crippen molar-refractivity contribution in [3.63, 3.8) is 0 Å². The maximum Gasteiger partial charge on any atom is 0.228 e. The molecule has 5 heteroatoms. The van der Waals surface area contributed by atoms with Crippen LogP contribution in [0.1, 0.15) is 31.0 Å². The van der Waals surface area contributed by atoms with Gasteiger partial charge >= 0.3 is 0 Å². The minimum atomic E-state index is 0.501. The summed E-state index contributed by atoms with van der Waals surface area (Å²) in [6.45, 7) is 6.36. The summed E-state index contributed by atoms with van der Waals surface area (Å²) in [6, 6.07) is 12.5. The smallest absolute Gasteiger partial charge is 0.228 e. The Morgan fingerprint density at radius 3 is 2.61 bits per heavy atom. The highest BCUT2D eigenvalue weighted by Gasteiger charge is 2.09. The summed E-state index contributed by atoms with van der Waals surface area (Å²) >= 11 is 5.31. The fraction of sp³-hybridized carbons (Fsp3) is 0.222. The zero-order chi connectivity index (χ0) is 16.4. The zero-order valence-corrected chi connectivity index (χ0v) is 15.7. The first-order valence-electron chi connectivity index (χ1n) is 7.49. The second kappa shape index (κ2) is 6.81. The van der Waals surface area contributed by atoms with Gasteiger partial charge in [-0.05, 0) is 64.0 Å². The van der Waals surface area contributed by atoms with Crippen LogP contribution in [0.4, 0.5) is 11.6 Å². The van der Waals surface area contributed by atoms with E-state index in [1.807, 2.05) is 19.1 Å². The Bertz CT molecular complexity index is 813. The molecule has 3 rings (SSSR count). The van der Waals surface area contributed by atoms with Crippen LogP contribution in [0, 0.1) is 6.92 Å². The van der Waals surface area contributed by atoms with Crippen LogP contribution in [-0.2, 0) is 0 Å². The first kappa shape index (κ1) is 16.1. The van der Waals surface area contributed by atoms with Crippen LogP contribution in [0.5, 0.6) is 0 Å². The first-order chi connectivity index (χ1) is 11.0. The molecule has 1 N–H and O–H groups in total. The highest BCUT2D eigenvalue weighted by molar-refractivity contribution is 9.10. The van der Waals surface area contributed by atoms with Crippen LogP contribution in [0.2, 0.25) is 0 Å². The van der Waals surface area contributed by atoms with E-state index in [4.69, 9.17) is 0 Å². The lowest BCUT2D eigenvalue weighted by molar-refractivity contribution is 0.866. The fourth-order valence-corrected chi connectivity index (χ4v) is 3.47. The van der Waals surface area contributed by atoms with Gasteiger partial charge in [0.25, 0.3) is 0 Å². The van der Waals surface area contributed by atoms with Crippen molar-refractivity contribution in [3.05, 3.63) is 57.5 Å². The average Bonchev–Trinajstić information content (AvgIpc) is 3.03. The Balaban J connectivity index is 1.91. The summed E-state index contributed by atoms with van der Waals surface area (Å²) in [4.78, 5) is 10.3. The number of aryl methyl sites for hydroxylation is 1. The number of nitrogens with one attached hydrogen (secondary N) is 1. The molecule has 0 spiro atoms. The summed E-state index contributed by atoms with van der Waals surface area (Å²) in [6.07, 6.45) is 0. The van der Waals surface area contributed by atoms with Gasteiger partial charge in [0.1, 0.15) is 0 Å². The number of aromatic nitrogens is 2. The predicted octanol–water partition coefficient (Wildman–Crippen LogP) is 6.14. The minimum Gasteiger partial charge on any atom is -0.323 e. The van der Waals surface area contributed by atoms with E-state index in [9.17, 15) is 0 Å². The molecule has 0 radical (unpaired) electrons. The van der Waals surface area contributed by atoms with Gasteiger partial charge in [0.05, 0.1) is 16.3 Å². The molecule has 0 unspecified atom stereocenters. The number of nitrogens with zero attached hydrogens (tertiary/aromatic N) is 2. The monoisotopic (exact) mass is 387 g/mol. The van der Waals surface area contributed by atoms with Crippen molar-refractivity contribution < 1.29 is 0 Å². The normalized spacial score (nSPS) is 11.0. The summed E-state index contributed by atoms with van der Waals surface area (Å²) in [5.41, 5.74) is 4.16. The molecule has 3 nitrogen and oxygen atoms in total. The van der Waals surface area contributed by atoms with Gasteiger partial charge in [0, 0.05) is 10.2 Å². The van der Waals surface area contributed by atoms with Crippen LogP contribution in [0.3, 0.4) is 0 Å². The standard InChI is InChI=1S/C18H18BrN3S/c1-11(2)13-6-7-15(14(19)10-13)21-18-20-12(3)9-16(22-18)17-5-4-8-23-17/h4-11H,1-3H3,(H,20,21,22). The van der Waals surface area contributed by atoms with Gasteiger partial charge in [-0.1, -0.05) is 26.0 Å². The minimum absolute atomic E-state index is 0.501. The molecule has 2 aromatic heterocycles. The SMILES string of the molecule is Cc1cc(-c2cccs2)nc(Nc2ccc(C(C)C)cc2Br)n1. The van der Waals surface area contributed by atoms with E-state index < -0.39 is 0 Å². The molecule has 0 aliphatic heterocycles. The third kappa shape index (κ3) is 3.79. The largest absolute Gasteiger partial charge is 0.323 e. The third-order valence-corrected chi connectivity index (χ3v) is 5.08. The van der Waals surface area contributed by atoms with Gasteiger partial charge in [-0.15, -0.1) is 11.3 Å². The third-order valence-electron chi connectivity index (χ3n) is 3.53. The van der Waals surface area contributed by atoms with Gasteiger partial charge in [0.2, 0.25) is 5.95 Å². The lowest BCUT2D eigenvalue weighted by Gasteiger charge is -2.12. The highest BCUT2D eigenvalue weighted by atomic mass is 79.9. The van der Waals surface area contributed by atoms with E-state index >= 15 is 0 Å².